The smallest absolute Gasteiger partial charge is 0.0433 e. The summed E-state index contributed by atoms with van der Waals surface area (Å²) < 4.78 is 0. The van der Waals surface area contributed by atoms with Crippen LogP contribution in [-0.2, 0) is 6.42 Å². The molecule has 2 nitrogen and oxygen atoms in total. The average molecular weight is 230 g/mol. The Kier molecular flexibility index (Phi) is 2.62. The molecule has 0 radical (unpaired) electrons. The highest BCUT2D eigenvalue weighted by Gasteiger charge is 2.41. The van der Waals surface area contributed by atoms with E-state index in [1.165, 1.54) is 36.3 Å². The van der Waals surface area contributed by atoms with Crippen molar-refractivity contribution in [3.05, 3.63) is 29.3 Å². The van der Waals surface area contributed by atoms with Gasteiger partial charge in [-0.1, -0.05) is 13.0 Å². The first-order chi connectivity index (χ1) is 8.19. The fraction of sp³-hybridized carbons (Fsp3) is 0.600. The summed E-state index contributed by atoms with van der Waals surface area (Å²) in [5, 5.41) is 0. The molecule has 1 aromatic rings. The average Bonchev–Trinajstić information content (AvgIpc) is 2.88. The number of likely N-dealkylation sites (N-methyl/N-ethyl adjacent to an activating group) is 1. The Labute approximate surface area is 104 Å². The van der Waals surface area contributed by atoms with E-state index in [4.69, 9.17) is 0 Å². The van der Waals surface area contributed by atoms with Gasteiger partial charge in [0, 0.05) is 30.9 Å². The van der Waals surface area contributed by atoms with Crippen LogP contribution < -0.4 is 4.90 Å². The van der Waals surface area contributed by atoms with Crippen molar-refractivity contribution in [3.8, 4) is 0 Å². The Hall–Kier alpha value is -1.02. The van der Waals surface area contributed by atoms with Crippen molar-refractivity contribution in [2.24, 2.45) is 0 Å². The van der Waals surface area contributed by atoms with Crippen LogP contribution in [0.1, 0.15) is 24.5 Å². The van der Waals surface area contributed by atoms with E-state index in [1.54, 1.807) is 0 Å². The Morgan fingerprint density at radius 1 is 1.24 bits per heavy atom. The van der Waals surface area contributed by atoms with Gasteiger partial charge in [-0.25, -0.2) is 0 Å². The molecule has 1 aromatic carbocycles. The van der Waals surface area contributed by atoms with Crippen LogP contribution in [-0.4, -0.2) is 37.1 Å². The van der Waals surface area contributed by atoms with Crippen molar-refractivity contribution >= 4 is 5.69 Å². The third kappa shape index (κ3) is 1.75. The number of rotatable bonds is 2. The van der Waals surface area contributed by atoms with Crippen LogP contribution in [0.25, 0.3) is 0 Å². The lowest BCUT2D eigenvalue weighted by atomic mass is 10.0. The van der Waals surface area contributed by atoms with Gasteiger partial charge in [0.05, 0.1) is 0 Å². The second-order valence-electron chi connectivity index (χ2n) is 5.60. The zero-order valence-electron chi connectivity index (χ0n) is 11.1. The predicted octanol–water partition coefficient (Wildman–Crippen LogP) is 2.45. The van der Waals surface area contributed by atoms with Crippen molar-refractivity contribution in [1.29, 1.82) is 0 Å². The second kappa shape index (κ2) is 4.02. The highest BCUT2D eigenvalue weighted by atomic mass is 15.3. The van der Waals surface area contributed by atoms with Gasteiger partial charge in [-0.15, -0.1) is 0 Å². The summed E-state index contributed by atoms with van der Waals surface area (Å²) in [7, 11) is 2.26. The molecule has 3 rings (SSSR count). The standard InChI is InChI=1S/C15H22N2/c1-4-12-7-13(6-5-11(12)2)17-10-14-8-15(17)9-16(14)3/h5-7,14-15H,4,8-10H2,1-3H3. The van der Waals surface area contributed by atoms with Crippen LogP contribution in [0.2, 0.25) is 0 Å². The molecule has 2 bridgehead atoms. The number of benzene rings is 1. The van der Waals surface area contributed by atoms with Gasteiger partial charge in [0.25, 0.3) is 0 Å². The van der Waals surface area contributed by atoms with E-state index in [1.807, 2.05) is 0 Å². The van der Waals surface area contributed by atoms with E-state index < -0.39 is 0 Å². The number of hydrogen-bond donors (Lipinski definition) is 0. The van der Waals surface area contributed by atoms with Gasteiger partial charge in [-0.05, 0) is 50.1 Å². The molecular weight excluding hydrogens is 208 g/mol. The molecule has 2 heterocycles. The molecule has 0 amide bonds. The molecule has 2 fully saturated rings. The third-order valence-electron chi connectivity index (χ3n) is 4.56. The van der Waals surface area contributed by atoms with Gasteiger partial charge < -0.3 is 4.90 Å². The van der Waals surface area contributed by atoms with E-state index >= 15 is 0 Å². The van der Waals surface area contributed by atoms with Crippen LogP contribution in [0.4, 0.5) is 5.69 Å². The van der Waals surface area contributed by atoms with E-state index in [9.17, 15) is 0 Å². The van der Waals surface area contributed by atoms with E-state index in [-0.39, 0.29) is 0 Å². The summed E-state index contributed by atoms with van der Waals surface area (Å²) in [4.78, 5) is 5.12. The Morgan fingerprint density at radius 2 is 2.06 bits per heavy atom. The van der Waals surface area contributed by atoms with Crippen molar-refractivity contribution in [2.45, 2.75) is 38.8 Å². The zero-order valence-corrected chi connectivity index (χ0v) is 11.1. The fourth-order valence-corrected chi connectivity index (χ4v) is 3.40. The molecule has 17 heavy (non-hydrogen) atoms. The molecule has 2 unspecified atom stereocenters. The van der Waals surface area contributed by atoms with E-state index in [0.717, 1.165) is 18.5 Å². The van der Waals surface area contributed by atoms with Gasteiger partial charge in [-0.2, -0.15) is 0 Å². The van der Waals surface area contributed by atoms with Crippen molar-refractivity contribution in [2.75, 3.05) is 25.0 Å². The molecule has 2 aliphatic rings. The Balaban J connectivity index is 1.86. The number of fused-ring (bicyclic) bond motifs is 2. The predicted molar refractivity (Wildman–Crippen MR) is 72.7 cm³/mol. The molecule has 0 saturated carbocycles. The van der Waals surface area contributed by atoms with Crippen molar-refractivity contribution < 1.29 is 0 Å². The summed E-state index contributed by atoms with van der Waals surface area (Å²) in [6.07, 6.45) is 2.49. The maximum absolute atomic E-state index is 2.61. The monoisotopic (exact) mass is 230 g/mol. The summed E-state index contributed by atoms with van der Waals surface area (Å²) in [6, 6.07) is 8.51. The lowest BCUT2D eigenvalue weighted by molar-refractivity contribution is 0.292. The molecule has 2 aliphatic heterocycles. The van der Waals surface area contributed by atoms with Gasteiger partial charge in [0.2, 0.25) is 0 Å². The summed E-state index contributed by atoms with van der Waals surface area (Å²) in [5.74, 6) is 0. The lowest BCUT2D eigenvalue weighted by Gasteiger charge is -2.34. The number of piperazine rings is 1. The van der Waals surface area contributed by atoms with Crippen molar-refractivity contribution in [3.63, 3.8) is 0 Å². The number of nitrogens with zero attached hydrogens (tertiary/aromatic N) is 2. The lowest BCUT2D eigenvalue weighted by Crippen LogP contribution is -2.44. The highest BCUT2D eigenvalue weighted by Crippen LogP contribution is 2.34. The summed E-state index contributed by atoms with van der Waals surface area (Å²) in [5.41, 5.74) is 4.37. The van der Waals surface area contributed by atoms with Crippen LogP contribution in [0.5, 0.6) is 0 Å². The number of aryl methyl sites for hydroxylation is 2. The van der Waals surface area contributed by atoms with Crippen LogP contribution in [0, 0.1) is 6.92 Å². The molecule has 2 atom stereocenters. The van der Waals surface area contributed by atoms with E-state index in [0.29, 0.717) is 0 Å². The van der Waals surface area contributed by atoms with Crippen LogP contribution in [0.15, 0.2) is 18.2 Å². The second-order valence-corrected chi connectivity index (χ2v) is 5.60. The molecule has 2 saturated heterocycles. The zero-order chi connectivity index (χ0) is 12.0. The normalized spacial score (nSPS) is 28.1. The first kappa shape index (κ1) is 11.1. The van der Waals surface area contributed by atoms with Crippen LogP contribution in [0.3, 0.4) is 0 Å². The molecule has 0 N–H and O–H groups in total. The van der Waals surface area contributed by atoms with Gasteiger partial charge in [-0.3, -0.25) is 4.90 Å². The minimum Gasteiger partial charge on any atom is -0.366 e. The number of hydrogen-bond acceptors (Lipinski definition) is 2. The van der Waals surface area contributed by atoms with E-state index in [2.05, 4.69) is 48.9 Å². The van der Waals surface area contributed by atoms with Crippen molar-refractivity contribution in [1.82, 2.24) is 4.90 Å². The largest absolute Gasteiger partial charge is 0.366 e. The fourth-order valence-electron chi connectivity index (χ4n) is 3.40. The maximum Gasteiger partial charge on any atom is 0.0433 e. The summed E-state index contributed by atoms with van der Waals surface area (Å²) >= 11 is 0. The third-order valence-corrected chi connectivity index (χ3v) is 4.56. The molecule has 0 aromatic heterocycles. The Bertz CT molecular complexity index is 425. The first-order valence-electron chi connectivity index (χ1n) is 6.75. The quantitative estimate of drug-likeness (QED) is 0.770. The maximum atomic E-state index is 2.61. The minimum atomic E-state index is 0.748. The molecule has 0 aliphatic carbocycles. The first-order valence-corrected chi connectivity index (χ1v) is 6.75. The number of anilines is 1. The number of likely N-dealkylation sites (tertiary alicyclic amines) is 1. The van der Waals surface area contributed by atoms with Gasteiger partial charge >= 0.3 is 0 Å². The highest BCUT2D eigenvalue weighted by molar-refractivity contribution is 5.53. The van der Waals surface area contributed by atoms with Gasteiger partial charge in [0.15, 0.2) is 0 Å². The minimum absolute atomic E-state index is 0.748. The summed E-state index contributed by atoms with van der Waals surface area (Å²) in [6.45, 7) is 6.91. The molecule has 2 heteroatoms. The van der Waals surface area contributed by atoms with Crippen LogP contribution >= 0.6 is 0 Å². The SMILES string of the molecule is CCc1cc(N2CC3CC2CN3C)ccc1C. The Morgan fingerprint density at radius 3 is 2.65 bits per heavy atom. The molecule has 0 spiro atoms. The molecule has 92 valence electrons. The molecular formula is C15H22N2. The van der Waals surface area contributed by atoms with Gasteiger partial charge in [0.1, 0.15) is 0 Å². The topological polar surface area (TPSA) is 6.48 Å².